The predicted octanol–water partition coefficient (Wildman–Crippen LogP) is 2.27. The van der Waals surface area contributed by atoms with Gasteiger partial charge in [-0.1, -0.05) is 0 Å². The van der Waals surface area contributed by atoms with Crippen molar-refractivity contribution >= 4 is 17.4 Å². The lowest BCUT2D eigenvalue weighted by Crippen LogP contribution is -2.01. The van der Waals surface area contributed by atoms with Crippen LogP contribution in [0.1, 0.15) is 16.8 Å². The van der Waals surface area contributed by atoms with Crippen molar-refractivity contribution in [3.05, 3.63) is 23.8 Å². The number of halogens is 1. The zero-order chi connectivity index (χ0) is 10.7. The van der Waals surface area contributed by atoms with Gasteiger partial charge < -0.3 is 9.47 Å². The lowest BCUT2D eigenvalue weighted by molar-refractivity contribution is 0.102. The Hall–Kier alpha value is -1.22. The fraction of sp³-hybridized carbons (Fsp3) is 0.364. The molecule has 15 heavy (non-hydrogen) atoms. The van der Waals surface area contributed by atoms with E-state index in [-0.39, 0.29) is 11.7 Å². The molecule has 0 unspecified atom stereocenters. The van der Waals surface area contributed by atoms with Gasteiger partial charge in [-0.05, 0) is 18.2 Å². The van der Waals surface area contributed by atoms with Gasteiger partial charge in [-0.2, -0.15) is 0 Å². The summed E-state index contributed by atoms with van der Waals surface area (Å²) in [5, 5.41) is 0. The number of benzene rings is 1. The van der Waals surface area contributed by atoms with Crippen LogP contribution >= 0.6 is 11.6 Å². The highest BCUT2D eigenvalue weighted by atomic mass is 35.5. The number of carbonyl (C=O) groups excluding carboxylic acids is 1. The molecule has 1 aliphatic rings. The maximum absolute atomic E-state index is 11.4. The molecule has 1 aliphatic heterocycles. The Labute approximate surface area is 92.9 Å². The van der Waals surface area contributed by atoms with E-state index in [9.17, 15) is 4.79 Å². The molecule has 0 saturated carbocycles. The normalized spacial score (nSPS) is 14.5. The average molecular weight is 227 g/mol. The van der Waals surface area contributed by atoms with E-state index < -0.39 is 0 Å². The Morgan fingerprint density at radius 2 is 2.00 bits per heavy atom. The highest BCUT2D eigenvalue weighted by Crippen LogP contribution is 2.30. The van der Waals surface area contributed by atoms with Crippen LogP contribution in [0.25, 0.3) is 0 Å². The number of ketones is 1. The molecule has 0 atom stereocenters. The summed E-state index contributed by atoms with van der Waals surface area (Å²) in [6.07, 6.45) is 0.855. The summed E-state index contributed by atoms with van der Waals surface area (Å²) in [6, 6.07) is 5.14. The SMILES string of the molecule is O=C(CCl)c1ccc2c(c1)OCCCO2. The Bertz CT molecular complexity index is 376. The van der Waals surface area contributed by atoms with Crippen molar-refractivity contribution in [2.24, 2.45) is 0 Å². The highest BCUT2D eigenvalue weighted by Gasteiger charge is 2.13. The number of hydrogen-bond donors (Lipinski definition) is 0. The average Bonchev–Trinajstić information content (AvgIpc) is 2.51. The van der Waals surface area contributed by atoms with Crippen LogP contribution < -0.4 is 9.47 Å². The summed E-state index contributed by atoms with van der Waals surface area (Å²) in [5.41, 5.74) is 0.564. The molecule has 0 fully saturated rings. The molecular formula is C11H11ClO3. The molecule has 1 heterocycles. The number of ether oxygens (including phenoxy) is 2. The predicted molar refractivity (Wildman–Crippen MR) is 57.1 cm³/mol. The van der Waals surface area contributed by atoms with Crippen molar-refractivity contribution in [3.63, 3.8) is 0 Å². The van der Waals surface area contributed by atoms with Crippen LogP contribution in [0.15, 0.2) is 18.2 Å². The molecule has 1 aromatic carbocycles. The number of alkyl halides is 1. The Balaban J connectivity index is 2.31. The first-order chi connectivity index (χ1) is 7.31. The van der Waals surface area contributed by atoms with Gasteiger partial charge in [-0.3, -0.25) is 4.79 Å². The molecule has 1 aromatic rings. The van der Waals surface area contributed by atoms with Gasteiger partial charge in [0.15, 0.2) is 17.3 Å². The molecule has 0 spiro atoms. The molecule has 2 rings (SSSR count). The minimum absolute atomic E-state index is 0.0142. The van der Waals surface area contributed by atoms with E-state index in [1.54, 1.807) is 18.2 Å². The zero-order valence-electron chi connectivity index (χ0n) is 8.16. The third-order valence-corrected chi connectivity index (χ3v) is 2.43. The summed E-state index contributed by atoms with van der Waals surface area (Å²) in [5.74, 6) is 1.20. The lowest BCUT2D eigenvalue weighted by atomic mass is 10.1. The third kappa shape index (κ3) is 2.23. The maximum Gasteiger partial charge on any atom is 0.177 e. The van der Waals surface area contributed by atoms with Gasteiger partial charge in [0.1, 0.15) is 0 Å². The monoisotopic (exact) mass is 226 g/mol. The molecule has 0 N–H and O–H groups in total. The van der Waals surface area contributed by atoms with E-state index in [0.29, 0.717) is 30.3 Å². The van der Waals surface area contributed by atoms with Crippen LogP contribution in [-0.2, 0) is 0 Å². The van der Waals surface area contributed by atoms with Crippen LogP contribution in [0.4, 0.5) is 0 Å². The molecule has 3 nitrogen and oxygen atoms in total. The van der Waals surface area contributed by atoms with E-state index in [1.165, 1.54) is 0 Å². The summed E-state index contributed by atoms with van der Waals surface area (Å²) in [4.78, 5) is 11.4. The number of hydrogen-bond acceptors (Lipinski definition) is 3. The Morgan fingerprint density at radius 1 is 1.27 bits per heavy atom. The van der Waals surface area contributed by atoms with E-state index in [1.807, 2.05) is 0 Å². The number of fused-ring (bicyclic) bond motifs is 1. The van der Waals surface area contributed by atoms with Crippen molar-refractivity contribution in [1.29, 1.82) is 0 Å². The van der Waals surface area contributed by atoms with Crippen molar-refractivity contribution in [3.8, 4) is 11.5 Å². The largest absolute Gasteiger partial charge is 0.490 e. The molecular weight excluding hydrogens is 216 g/mol. The molecule has 0 amide bonds. The van der Waals surface area contributed by atoms with Crippen LogP contribution in [0, 0.1) is 0 Å². The first-order valence-corrected chi connectivity index (χ1v) is 5.33. The molecule has 4 heteroatoms. The number of carbonyl (C=O) groups is 1. The topological polar surface area (TPSA) is 35.5 Å². The van der Waals surface area contributed by atoms with Crippen LogP contribution in [0.5, 0.6) is 11.5 Å². The quantitative estimate of drug-likeness (QED) is 0.573. The van der Waals surface area contributed by atoms with Gasteiger partial charge in [0.25, 0.3) is 0 Å². The van der Waals surface area contributed by atoms with Crippen molar-refractivity contribution in [2.75, 3.05) is 19.1 Å². The van der Waals surface area contributed by atoms with Gasteiger partial charge >= 0.3 is 0 Å². The van der Waals surface area contributed by atoms with Gasteiger partial charge in [-0.25, -0.2) is 0 Å². The molecule has 0 bridgehead atoms. The van der Waals surface area contributed by atoms with Gasteiger partial charge in [0.05, 0.1) is 19.1 Å². The second kappa shape index (κ2) is 4.53. The van der Waals surface area contributed by atoms with Crippen LogP contribution in [-0.4, -0.2) is 24.9 Å². The minimum atomic E-state index is -0.104. The van der Waals surface area contributed by atoms with Gasteiger partial charge in [0.2, 0.25) is 0 Å². The lowest BCUT2D eigenvalue weighted by Gasteiger charge is -2.07. The Kier molecular flexibility index (Phi) is 3.11. The standard InChI is InChI=1S/C11H11ClO3/c12-7-9(13)8-2-3-10-11(6-8)15-5-1-4-14-10/h2-3,6H,1,4-5,7H2. The fourth-order valence-electron chi connectivity index (χ4n) is 1.41. The highest BCUT2D eigenvalue weighted by molar-refractivity contribution is 6.30. The molecule has 80 valence electrons. The van der Waals surface area contributed by atoms with Crippen molar-refractivity contribution in [1.82, 2.24) is 0 Å². The summed E-state index contributed by atoms with van der Waals surface area (Å²) in [7, 11) is 0. The van der Waals surface area contributed by atoms with Crippen molar-refractivity contribution in [2.45, 2.75) is 6.42 Å². The minimum Gasteiger partial charge on any atom is -0.490 e. The van der Waals surface area contributed by atoms with E-state index in [0.717, 1.165) is 6.42 Å². The molecule has 0 aliphatic carbocycles. The van der Waals surface area contributed by atoms with Crippen molar-refractivity contribution < 1.29 is 14.3 Å². The van der Waals surface area contributed by atoms with E-state index >= 15 is 0 Å². The van der Waals surface area contributed by atoms with E-state index in [4.69, 9.17) is 21.1 Å². The fourth-order valence-corrected chi connectivity index (χ4v) is 1.57. The molecule has 0 radical (unpaired) electrons. The number of rotatable bonds is 2. The molecule has 0 saturated heterocycles. The third-order valence-electron chi connectivity index (χ3n) is 2.19. The Morgan fingerprint density at radius 3 is 2.73 bits per heavy atom. The summed E-state index contributed by atoms with van der Waals surface area (Å²) < 4.78 is 10.9. The van der Waals surface area contributed by atoms with Crippen LogP contribution in [0.3, 0.4) is 0 Å². The molecule has 0 aromatic heterocycles. The summed E-state index contributed by atoms with van der Waals surface area (Å²) >= 11 is 5.48. The summed E-state index contributed by atoms with van der Waals surface area (Å²) in [6.45, 7) is 1.27. The number of Topliss-reactive ketones (excluding diaryl/α,β-unsaturated/α-hetero) is 1. The van der Waals surface area contributed by atoms with Gasteiger partial charge in [-0.15, -0.1) is 11.6 Å². The second-order valence-electron chi connectivity index (χ2n) is 3.27. The van der Waals surface area contributed by atoms with E-state index in [2.05, 4.69) is 0 Å². The van der Waals surface area contributed by atoms with Crippen LogP contribution in [0.2, 0.25) is 0 Å². The zero-order valence-corrected chi connectivity index (χ0v) is 8.92. The smallest absolute Gasteiger partial charge is 0.177 e. The van der Waals surface area contributed by atoms with Gasteiger partial charge in [0, 0.05) is 12.0 Å². The first-order valence-electron chi connectivity index (χ1n) is 4.80. The first kappa shape index (κ1) is 10.3. The maximum atomic E-state index is 11.4. The second-order valence-corrected chi connectivity index (χ2v) is 3.54.